The largest absolute Gasteiger partial charge is 0.494 e. The zero-order valence-corrected chi connectivity index (χ0v) is 17.5. The molecule has 1 rings (SSSR count). The Labute approximate surface area is 153 Å². The van der Waals surface area contributed by atoms with Crippen molar-refractivity contribution >= 4 is 13.5 Å². The van der Waals surface area contributed by atoms with Crippen molar-refractivity contribution in [3.63, 3.8) is 0 Å². The molecule has 1 aliphatic rings. The standard InChI is InChI=1S/C9H17BNO3.C5H10N.U/c11-9(8(12)13)5-1-3-7(9)4-2-6-10-14;1-5(2)6(3)4;/h7,14H,1-6,11H2,(H,12,13);1H,2-4H3;/q;-1;/t7?,9-;;/m0../s1. The first-order valence-electron chi connectivity index (χ1n) is 7.00. The number of carbonyl (C=O) groups is 1. The van der Waals surface area contributed by atoms with E-state index in [2.05, 4.69) is 0 Å². The molecule has 0 bridgehead atoms. The van der Waals surface area contributed by atoms with Crippen molar-refractivity contribution in [2.45, 2.75) is 50.9 Å². The molecule has 1 radical (unpaired) electrons. The molecular formula is C14H27BN2O3U-. The summed E-state index contributed by atoms with van der Waals surface area (Å²) in [5, 5.41) is 17.5. The van der Waals surface area contributed by atoms with Crippen molar-refractivity contribution in [3.8, 4) is 0 Å². The van der Waals surface area contributed by atoms with Gasteiger partial charge in [0.15, 0.2) is 0 Å². The molecule has 4 N–H and O–H groups in total. The summed E-state index contributed by atoms with van der Waals surface area (Å²) in [4.78, 5) is 12.8. The van der Waals surface area contributed by atoms with E-state index in [0.717, 1.165) is 38.9 Å². The molecule has 5 nitrogen and oxygen atoms in total. The van der Waals surface area contributed by atoms with Crippen LogP contribution in [0.2, 0.25) is 6.32 Å². The molecule has 1 unspecified atom stereocenters. The van der Waals surface area contributed by atoms with Crippen LogP contribution in [0, 0.1) is 43.6 Å². The number of carboxylic acids is 1. The van der Waals surface area contributed by atoms with Crippen molar-refractivity contribution in [2.24, 2.45) is 11.7 Å². The Morgan fingerprint density at radius 1 is 1.52 bits per heavy atom. The second-order valence-electron chi connectivity index (χ2n) is 5.58. The normalized spacial score (nSPS) is 23.4. The van der Waals surface area contributed by atoms with Crippen LogP contribution < -0.4 is 5.73 Å². The third-order valence-electron chi connectivity index (χ3n) is 3.86. The van der Waals surface area contributed by atoms with Crippen LogP contribution in [0.3, 0.4) is 0 Å². The number of rotatable bonds is 6. The summed E-state index contributed by atoms with van der Waals surface area (Å²) in [6.07, 6.45) is 4.60. The molecule has 7 heteroatoms. The van der Waals surface area contributed by atoms with Gasteiger partial charge in [-0.1, -0.05) is 26.1 Å². The maximum Gasteiger partial charge on any atom is 0.323 e. The van der Waals surface area contributed by atoms with Gasteiger partial charge >= 0.3 is 5.97 Å². The zero-order valence-electron chi connectivity index (χ0n) is 13.3. The van der Waals surface area contributed by atoms with E-state index in [1.807, 2.05) is 25.9 Å². The summed E-state index contributed by atoms with van der Waals surface area (Å²) in [7, 11) is 4.94. The van der Waals surface area contributed by atoms with Crippen LogP contribution in [-0.2, 0) is 4.79 Å². The minimum atomic E-state index is -1.02. The molecule has 0 heterocycles. The first-order chi connectivity index (χ1) is 9.25. The number of hydrogen-bond acceptors (Lipinski definition) is 4. The molecule has 119 valence electrons. The van der Waals surface area contributed by atoms with Crippen LogP contribution >= 0.6 is 0 Å². The third-order valence-corrected chi connectivity index (χ3v) is 3.86. The number of aliphatic carboxylic acids is 1. The molecule has 0 aromatic rings. The molecule has 0 amide bonds. The molecule has 0 spiro atoms. The Balaban J connectivity index is 0. The van der Waals surface area contributed by atoms with Gasteiger partial charge in [-0.2, -0.15) is 5.70 Å². The van der Waals surface area contributed by atoms with E-state index in [-0.39, 0.29) is 37.0 Å². The third kappa shape index (κ3) is 8.30. The van der Waals surface area contributed by atoms with Crippen molar-refractivity contribution in [3.05, 3.63) is 12.3 Å². The molecule has 1 aliphatic carbocycles. The topological polar surface area (TPSA) is 86.8 Å². The SMILES string of the molecule is N[C@@]1(C(=O)O)CCCC1CCC[B]O.[CH-]=C(C)N(C)C.[U]. The Kier molecular flexibility index (Phi) is 12.9. The minimum absolute atomic E-state index is 0. The Morgan fingerprint density at radius 3 is 2.43 bits per heavy atom. The Morgan fingerprint density at radius 2 is 2.05 bits per heavy atom. The van der Waals surface area contributed by atoms with E-state index >= 15 is 0 Å². The van der Waals surface area contributed by atoms with Gasteiger partial charge in [0.2, 0.25) is 0 Å². The Hall–Kier alpha value is 0.0469. The van der Waals surface area contributed by atoms with Gasteiger partial charge in [-0.25, -0.2) is 0 Å². The summed E-state index contributed by atoms with van der Waals surface area (Å²) >= 11 is 0. The minimum Gasteiger partial charge on any atom is -0.494 e. The van der Waals surface area contributed by atoms with Gasteiger partial charge in [-0.3, -0.25) is 4.79 Å². The smallest absolute Gasteiger partial charge is 0.323 e. The van der Waals surface area contributed by atoms with E-state index < -0.39 is 11.5 Å². The van der Waals surface area contributed by atoms with Gasteiger partial charge in [-0.05, 0) is 25.2 Å². The maximum atomic E-state index is 11.0. The first kappa shape index (κ1) is 23.3. The number of hydrogen-bond donors (Lipinski definition) is 3. The molecule has 0 saturated heterocycles. The van der Waals surface area contributed by atoms with Gasteiger partial charge in [-0.15, -0.1) is 0 Å². The van der Waals surface area contributed by atoms with Gasteiger partial charge in [0, 0.05) is 45.2 Å². The van der Waals surface area contributed by atoms with Gasteiger partial charge in [0.25, 0.3) is 7.48 Å². The molecule has 0 aliphatic heterocycles. The van der Waals surface area contributed by atoms with Crippen molar-refractivity contribution in [2.75, 3.05) is 14.1 Å². The molecule has 2 atom stereocenters. The fraction of sp³-hybridized carbons (Fsp3) is 0.786. The van der Waals surface area contributed by atoms with Crippen molar-refractivity contribution in [1.29, 1.82) is 0 Å². The number of nitrogens with two attached hydrogens (primary N) is 1. The van der Waals surface area contributed by atoms with Crippen LogP contribution in [0.5, 0.6) is 0 Å². The molecule has 21 heavy (non-hydrogen) atoms. The zero-order chi connectivity index (χ0) is 15.8. The van der Waals surface area contributed by atoms with Crippen LogP contribution in [0.25, 0.3) is 0 Å². The fourth-order valence-electron chi connectivity index (χ4n) is 2.24. The monoisotopic (exact) mass is 520 g/mol. The average Bonchev–Trinajstić information content (AvgIpc) is 2.73. The van der Waals surface area contributed by atoms with Crippen LogP contribution in [0.4, 0.5) is 0 Å². The van der Waals surface area contributed by atoms with E-state index in [1.54, 1.807) is 0 Å². The summed E-state index contributed by atoms with van der Waals surface area (Å²) in [6.45, 7) is 7.14. The number of allylic oxidation sites excluding steroid dienone is 1. The molecule has 0 aromatic carbocycles. The van der Waals surface area contributed by atoms with E-state index in [4.69, 9.17) is 22.4 Å². The molecule has 1 saturated carbocycles. The first-order valence-corrected chi connectivity index (χ1v) is 7.00. The second-order valence-corrected chi connectivity index (χ2v) is 5.58. The van der Waals surface area contributed by atoms with Crippen LogP contribution in [0.15, 0.2) is 5.70 Å². The van der Waals surface area contributed by atoms with Gasteiger partial charge in [0.05, 0.1) is 0 Å². The van der Waals surface area contributed by atoms with Crippen molar-refractivity contribution < 1.29 is 46.0 Å². The summed E-state index contributed by atoms with van der Waals surface area (Å²) < 4.78 is 0. The van der Waals surface area contributed by atoms with E-state index in [1.165, 1.54) is 0 Å². The van der Waals surface area contributed by atoms with Crippen LogP contribution in [-0.4, -0.2) is 48.1 Å². The molecule has 1 fully saturated rings. The number of carboxylic acid groups (broad SMARTS) is 1. The van der Waals surface area contributed by atoms with Gasteiger partial charge in [0.1, 0.15) is 5.54 Å². The molecule has 0 aromatic heterocycles. The summed E-state index contributed by atoms with van der Waals surface area (Å²) in [6, 6.07) is 0. The quantitative estimate of drug-likeness (QED) is 0.279. The summed E-state index contributed by atoms with van der Waals surface area (Å²) in [5.41, 5.74) is 5.68. The van der Waals surface area contributed by atoms with Crippen LogP contribution in [0.1, 0.15) is 39.0 Å². The predicted octanol–water partition coefficient (Wildman–Crippen LogP) is 1.26. The molecular weight excluding hydrogens is 493 g/mol. The van der Waals surface area contributed by atoms with E-state index in [9.17, 15) is 4.79 Å². The Bertz CT molecular complexity index is 329. The van der Waals surface area contributed by atoms with E-state index in [0.29, 0.717) is 12.7 Å². The van der Waals surface area contributed by atoms with Crippen molar-refractivity contribution in [1.82, 2.24) is 4.90 Å². The number of nitrogens with zero attached hydrogens (tertiary/aromatic N) is 1. The van der Waals surface area contributed by atoms with Gasteiger partial charge < -0.3 is 27.3 Å². The average molecular weight is 520 g/mol. The summed E-state index contributed by atoms with van der Waals surface area (Å²) in [5.74, 6) is -0.812. The predicted molar refractivity (Wildman–Crippen MR) is 81.1 cm³/mol. The maximum absolute atomic E-state index is 11.0. The second kappa shape index (κ2) is 11.6. The fourth-order valence-corrected chi connectivity index (χ4v) is 2.24.